The van der Waals surface area contributed by atoms with Gasteiger partial charge in [0, 0.05) is 25.2 Å². The van der Waals surface area contributed by atoms with Crippen molar-refractivity contribution in [2.45, 2.75) is 39.5 Å². The van der Waals surface area contributed by atoms with Crippen LogP contribution in [0.5, 0.6) is 0 Å². The fraction of sp³-hybridized carbons (Fsp3) is 0.579. The van der Waals surface area contributed by atoms with Gasteiger partial charge < -0.3 is 15.3 Å². The van der Waals surface area contributed by atoms with E-state index in [1.807, 2.05) is 38.1 Å². The van der Waals surface area contributed by atoms with Gasteiger partial charge >= 0.3 is 5.97 Å². The number of nitrogens with zero attached hydrogens (tertiary/aromatic N) is 1. The first-order valence-corrected chi connectivity index (χ1v) is 8.78. The number of hydrogen-bond acceptors (Lipinski definition) is 3. The Hall–Kier alpha value is -1.88. The maximum absolute atomic E-state index is 11.8. The Kier molecular flexibility index (Phi) is 6.79. The van der Waals surface area contributed by atoms with Crippen LogP contribution in [-0.2, 0) is 16.0 Å². The van der Waals surface area contributed by atoms with Crippen LogP contribution < -0.4 is 5.32 Å². The Bertz CT molecular complexity index is 554. The Morgan fingerprint density at radius 1 is 1.29 bits per heavy atom. The summed E-state index contributed by atoms with van der Waals surface area (Å²) in [7, 11) is 0. The van der Waals surface area contributed by atoms with Crippen molar-refractivity contribution in [1.29, 1.82) is 0 Å². The second-order valence-corrected chi connectivity index (χ2v) is 7.07. The van der Waals surface area contributed by atoms with Crippen LogP contribution in [0.15, 0.2) is 24.3 Å². The van der Waals surface area contributed by atoms with Gasteiger partial charge in [0.2, 0.25) is 5.91 Å². The third-order valence-corrected chi connectivity index (χ3v) is 4.40. The molecule has 5 nitrogen and oxygen atoms in total. The highest BCUT2D eigenvalue weighted by Gasteiger charge is 2.24. The van der Waals surface area contributed by atoms with Gasteiger partial charge in [0.05, 0.1) is 5.92 Å². The zero-order chi connectivity index (χ0) is 17.5. The minimum absolute atomic E-state index is 0.0470. The number of anilines is 1. The number of carboxylic acids is 1. The number of aliphatic carboxylic acids is 1. The maximum Gasteiger partial charge on any atom is 0.307 e. The molecule has 2 rings (SSSR count). The lowest BCUT2D eigenvalue weighted by atomic mass is 9.98. The van der Waals surface area contributed by atoms with Gasteiger partial charge in [0.25, 0.3) is 0 Å². The molecule has 1 aromatic rings. The molecule has 0 saturated carbocycles. The van der Waals surface area contributed by atoms with Crippen LogP contribution in [0, 0.1) is 11.8 Å². The fourth-order valence-corrected chi connectivity index (χ4v) is 3.08. The highest BCUT2D eigenvalue weighted by molar-refractivity contribution is 5.90. The standard InChI is InChI=1S/C19H28N2O3/c1-14(2)12-18(22)20-17-7-5-15(6-8-17)9-11-21-10-3-4-16(13-21)19(23)24/h5-8,14,16H,3-4,9-13H2,1-2H3,(H,20,22)(H,23,24). The third kappa shape index (κ3) is 5.96. The number of piperidine rings is 1. The molecule has 1 heterocycles. The molecule has 0 radical (unpaired) electrons. The molecule has 1 aliphatic rings. The normalized spacial score (nSPS) is 18.5. The van der Waals surface area contributed by atoms with E-state index in [0.717, 1.165) is 38.0 Å². The molecular formula is C19H28N2O3. The highest BCUT2D eigenvalue weighted by atomic mass is 16.4. The van der Waals surface area contributed by atoms with E-state index in [1.165, 1.54) is 5.56 Å². The van der Waals surface area contributed by atoms with Crippen molar-refractivity contribution in [2.24, 2.45) is 11.8 Å². The molecule has 1 saturated heterocycles. The molecule has 1 atom stereocenters. The number of rotatable bonds is 7. The summed E-state index contributed by atoms with van der Waals surface area (Å²) in [5, 5.41) is 12.0. The zero-order valence-corrected chi connectivity index (χ0v) is 14.6. The van der Waals surface area contributed by atoms with Crippen molar-refractivity contribution < 1.29 is 14.7 Å². The van der Waals surface area contributed by atoms with Gasteiger partial charge in [-0.2, -0.15) is 0 Å². The summed E-state index contributed by atoms with van der Waals surface area (Å²) in [6.45, 7) is 6.56. The van der Waals surface area contributed by atoms with Crippen molar-refractivity contribution in [3.05, 3.63) is 29.8 Å². The molecule has 1 fully saturated rings. The van der Waals surface area contributed by atoms with E-state index in [1.54, 1.807) is 0 Å². The SMILES string of the molecule is CC(C)CC(=O)Nc1ccc(CCN2CCCC(C(=O)O)C2)cc1. The van der Waals surface area contributed by atoms with Crippen LogP contribution >= 0.6 is 0 Å². The Labute approximate surface area is 144 Å². The molecule has 5 heteroatoms. The largest absolute Gasteiger partial charge is 0.481 e. The quantitative estimate of drug-likeness (QED) is 0.805. The summed E-state index contributed by atoms with van der Waals surface area (Å²) in [6, 6.07) is 7.93. The molecule has 1 aromatic carbocycles. The molecule has 0 aromatic heterocycles. The summed E-state index contributed by atoms with van der Waals surface area (Å²) >= 11 is 0. The predicted octanol–water partition coefficient (Wildman–Crippen LogP) is 3.01. The number of carbonyl (C=O) groups is 2. The Balaban J connectivity index is 1.79. The van der Waals surface area contributed by atoms with Gasteiger partial charge in [-0.25, -0.2) is 0 Å². The van der Waals surface area contributed by atoms with Crippen LogP contribution in [0.2, 0.25) is 0 Å². The van der Waals surface area contributed by atoms with E-state index in [-0.39, 0.29) is 11.8 Å². The molecule has 132 valence electrons. The number of likely N-dealkylation sites (tertiary alicyclic amines) is 1. The molecule has 0 aliphatic carbocycles. The predicted molar refractivity (Wildman–Crippen MR) is 95.0 cm³/mol. The lowest BCUT2D eigenvalue weighted by Crippen LogP contribution is -2.39. The average molecular weight is 332 g/mol. The van der Waals surface area contributed by atoms with Crippen LogP contribution in [0.3, 0.4) is 0 Å². The first-order chi connectivity index (χ1) is 11.4. The Morgan fingerprint density at radius 2 is 2.00 bits per heavy atom. The third-order valence-electron chi connectivity index (χ3n) is 4.40. The van der Waals surface area contributed by atoms with Gasteiger partial charge in [-0.15, -0.1) is 0 Å². The smallest absolute Gasteiger partial charge is 0.307 e. The first kappa shape index (κ1) is 18.5. The molecule has 0 spiro atoms. The van der Waals surface area contributed by atoms with Gasteiger partial charge in [0.1, 0.15) is 0 Å². The van der Waals surface area contributed by atoms with Gasteiger partial charge in [-0.1, -0.05) is 26.0 Å². The number of amides is 1. The highest BCUT2D eigenvalue weighted by Crippen LogP contribution is 2.17. The molecule has 0 bridgehead atoms. The second-order valence-electron chi connectivity index (χ2n) is 7.07. The zero-order valence-electron chi connectivity index (χ0n) is 14.6. The van der Waals surface area contributed by atoms with Crippen molar-refractivity contribution in [3.63, 3.8) is 0 Å². The second kappa shape index (κ2) is 8.83. The summed E-state index contributed by atoms with van der Waals surface area (Å²) in [5.74, 6) is -0.507. The van der Waals surface area contributed by atoms with E-state index in [2.05, 4.69) is 10.2 Å². The molecule has 24 heavy (non-hydrogen) atoms. The number of hydrogen-bond donors (Lipinski definition) is 2. The van der Waals surface area contributed by atoms with Gasteiger partial charge in [0.15, 0.2) is 0 Å². The minimum Gasteiger partial charge on any atom is -0.481 e. The van der Waals surface area contributed by atoms with Crippen molar-refractivity contribution in [1.82, 2.24) is 4.90 Å². The Morgan fingerprint density at radius 3 is 2.62 bits per heavy atom. The molecule has 1 amide bonds. The van der Waals surface area contributed by atoms with E-state index in [4.69, 9.17) is 5.11 Å². The number of carboxylic acid groups (broad SMARTS) is 1. The van der Waals surface area contributed by atoms with Crippen molar-refractivity contribution in [2.75, 3.05) is 25.0 Å². The number of benzene rings is 1. The summed E-state index contributed by atoms with van der Waals surface area (Å²) in [6.07, 6.45) is 3.17. The van der Waals surface area contributed by atoms with E-state index < -0.39 is 5.97 Å². The van der Waals surface area contributed by atoms with Crippen LogP contribution in [0.4, 0.5) is 5.69 Å². The summed E-state index contributed by atoms with van der Waals surface area (Å²) in [4.78, 5) is 25.1. The monoisotopic (exact) mass is 332 g/mol. The van der Waals surface area contributed by atoms with Crippen LogP contribution in [-0.4, -0.2) is 41.5 Å². The van der Waals surface area contributed by atoms with Crippen LogP contribution in [0.1, 0.15) is 38.7 Å². The molecular weight excluding hydrogens is 304 g/mol. The summed E-state index contributed by atoms with van der Waals surface area (Å²) in [5.41, 5.74) is 2.03. The summed E-state index contributed by atoms with van der Waals surface area (Å²) < 4.78 is 0. The number of carbonyl (C=O) groups excluding carboxylic acids is 1. The topological polar surface area (TPSA) is 69.6 Å². The molecule has 2 N–H and O–H groups in total. The lowest BCUT2D eigenvalue weighted by Gasteiger charge is -2.30. The van der Waals surface area contributed by atoms with Crippen molar-refractivity contribution in [3.8, 4) is 0 Å². The first-order valence-electron chi connectivity index (χ1n) is 8.78. The van der Waals surface area contributed by atoms with E-state index in [9.17, 15) is 9.59 Å². The van der Waals surface area contributed by atoms with E-state index in [0.29, 0.717) is 18.9 Å². The maximum atomic E-state index is 11.8. The van der Waals surface area contributed by atoms with Crippen LogP contribution in [0.25, 0.3) is 0 Å². The molecule has 1 unspecified atom stereocenters. The average Bonchev–Trinajstić information content (AvgIpc) is 2.53. The van der Waals surface area contributed by atoms with Crippen molar-refractivity contribution >= 4 is 17.6 Å². The minimum atomic E-state index is -0.679. The van der Waals surface area contributed by atoms with Gasteiger partial charge in [-0.05, 0) is 49.4 Å². The van der Waals surface area contributed by atoms with Gasteiger partial charge in [-0.3, -0.25) is 9.59 Å². The van der Waals surface area contributed by atoms with E-state index >= 15 is 0 Å². The lowest BCUT2D eigenvalue weighted by molar-refractivity contribution is -0.143. The molecule has 1 aliphatic heterocycles. The fourth-order valence-electron chi connectivity index (χ4n) is 3.08. The number of nitrogens with one attached hydrogen (secondary N) is 1.